The summed E-state index contributed by atoms with van der Waals surface area (Å²) in [6.45, 7) is 4.27. The fraction of sp³-hybridized carbons (Fsp3) is 0.250. The maximum Gasteiger partial charge on any atom is 0.257 e. The predicted molar refractivity (Wildman–Crippen MR) is 102 cm³/mol. The van der Waals surface area contributed by atoms with Crippen molar-refractivity contribution in [2.75, 3.05) is 0 Å². The predicted octanol–water partition coefficient (Wildman–Crippen LogP) is 2.00. The van der Waals surface area contributed by atoms with Crippen LogP contribution < -0.4 is 5.56 Å². The van der Waals surface area contributed by atoms with Crippen LogP contribution in [0.15, 0.2) is 47.5 Å². The third-order valence-electron chi connectivity index (χ3n) is 4.90. The highest BCUT2D eigenvalue weighted by Gasteiger charge is 2.19. The van der Waals surface area contributed by atoms with E-state index in [1.165, 1.54) is 6.07 Å². The van der Waals surface area contributed by atoms with Gasteiger partial charge in [-0.3, -0.25) is 9.20 Å². The summed E-state index contributed by atoms with van der Waals surface area (Å²) in [4.78, 5) is 16.8. The number of aliphatic hydroxyl groups excluding tert-OH is 1. The third kappa shape index (κ3) is 2.71. The van der Waals surface area contributed by atoms with Gasteiger partial charge in [0.05, 0.1) is 35.8 Å². The van der Waals surface area contributed by atoms with E-state index >= 15 is 0 Å². The van der Waals surface area contributed by atoms with E-state index in [1.807, 2.05) is 46.5 Å². The highest BCUT2D eigenvalue weighted by Crippen LogP contribution is 2.24. The molecule has 0 radical (unpaired) electrons. The number of hydrogen-bond acceptors (Lipinski definition) is 4. The molecule has 0 saturated heterocycles. The Morgan fingerprint density at radius 2 is 1.96 bits per heavy atom. The summed E-state index contributed by atoms with van der Waals surface area (Å²) in [5, 5.41) is 20.4. The van der Waals surface area contributed by atoms with Gasteiger partial charge in [-0.15, -0.1) is 0 Å². The summed E-state index contributed by atoms with van der Waals surface area (Å²) in [6, 6.07) is 11.2. The molecule has 3 heterocycles. The van der Waals surface area contributed by atoms with Crippen LogP contribution in [0.2, 0.25) is 0 Å². The number of nitrogens with zero attached hydrogens (tertiary/aromatic N) is 5. The van der Waals surface area contributed by atoms with Crippen molar-refractivity contribution in [3.05, 3.63) is 70.0 Å². The van der Waals surface area contributed by atoms with Gasteiger partial charge in [-0.1, -0.05) is 12.1 Å². The Morgan fingerprint density at radius 3 is 2.63 bits per heavy atom. The number of imidazole rings is 2. The SMILES string of the molecule is Cc1cc(=O)n2c3ccccc3n(CC(O)Cn3ccnc3C)c2c1C#N. The van der Waals surface area contributed by atoms with E-state index in [-0.39, 0.29) is 12.1 Å². The molecule has 0 aliphatic heterocycles. The van der Waals surface area contributed by atoms with Gasteiger partial charge in [-0.2, -0.15) is 5.26 Å². The molecule has 4 aromatic rings. The second-order valence-corrected chi connectivity index (χ2v) is 6.69. The minimum Gasteiger partial charge on any atom is -0.389 e. The Kier molecular flexibility index (Phi) is 4.05. The van der Waals surface area contributed by atoms with Gasteiger partial charge in [0.1, 0.15) is 17.5 Å². The molecule has 1 atom stereocenters. The first-order valence-corrected chi connectivity index (χ1v) is 8.70. The van der Waals surface area contributed by atoms with Crippen molar-refractivity contribution in [3.8, 4) is 6.07 Å². The highest BCUT2D eigenvalue weighted by molar-refractivity contribution is 5.84. The summed E-state index contributed by atoms with van der Waals surface area (Å²) in [5.41, 5.74) is 2.93. The van der Waals surface area contributed by atoms with Crippen LogP contribution in [-0.4, -0.2) is 29.7 Å². The number of aromatic nitrogens is 4. The van der Waals surface area contributed by atoms with Crippen LogP contribution in [-0.2, 0) is 13.1 Å². The molecule has 1 unspecified atom stereocenters. The molecule has 1 N–H and O–H groups in total. The summed E-state index contributed by atoms with van der Waals surface area (Å²) in [5.74, 6) is 0.820. The number of rotatable bonds is 4. The van der Waals surface area contributed by atoms with Crippen LogP contribution in [0.5, 0.6) is 0 Å². The van der Waals surface area contributed by atoms with Crippen LogP contribution in [0.3, 0.4) is 0 Å². The zero-order valence-corrected chi connectivity index (χ0v) is 15.1. The molecule has 7 nitrogen and oxygen atoms in total. The van der Waals surface area contributed by atoms with Crippen LogP contribution in [0.4, 0.5) is 0 Å². The van der Waals surface area contributed by atoms with E-state index < -0.39 is 6.10 Å². The van der Waals surface area contributed by atoms with Crippen LogP contribution in [0, 0.1) is 25.2 Å². The molecular formula is C20H19N5O2. The van der Waals surface area contributed by atoms with E-state index in [2.05, 4.69) is 11.1 Å². The molecule has 7 heteroatoms. The fourth-order valence-electron chi connectivity index (χ4n) is 3.61. The van der Waals surface area contributed by atoms with Crippen molar-refractivity contribution in [1.29, 1.82) is 5.26 Å². The molecule has 0 amide bonds. The zero-order chi connectivity index (χ0) is 19.1. The lowest BCUT2D eigenvalue weighted by Crippen LogP contribution is -2.23. The molecule has 4 rings (SSSR count). The fourth-order valence-corrected chi connectivity index (χ4v) is 3.61. The van der Waals surface area contributed by atoms with E-state index in [4.69, 9.17) is 0 Å². The van der Waals surface area contributed by atoms with Crippen molar-refractivity contribution >= 4 is 16.7 Å². The van der Waals surface area contributed by atoms with Gasteiger partial charge in [0.15, 0.2) is 0 Å². The number of aryl methyl sites for hydroxylation is 2. The van der Waals surface area contributed by atoms with Gasteiger partial charge in [-0.25, -0.2) is 4.98 Å². The van der Waals surface area contributed by atoms with Crippen molar-refractivity contribution in [1.82, 2.24) is 18.5 Å². The summed E-state index contributed by atoms with van der Waals surface area (Å²) >= 11 is 0. The minimum atomic E-state index is -0.709. The molecule has 0 fully saturated rings. The first-order valence-electron chi connectivity index (χ1n) is 8.70. The van der Waals surface area contributed by atoms with Gasteiger partial charge in [-0.05, 0) is 31.5 Å². The van der Waals surface area contributed by atoms with E-state index in [0.29, 0.717) is 23.3 Å². The van der Waals surface area contributed by atoms with Gasteiger partial charge < -0.3 is 14.2 Å². The van der Waals surface area contributed by atoms with Crippen LogP contribution in [0.1, 0.15) is 17.0 Å². The van der Waals surface area contributed by atoms with E-state index in [9.17, 15) is 15.2 Å². The van der Waals surface area contributed by atoms with Crippen LogP contribution >= 0.6 is 0 Å². The summed E-state index contributed by atoms with van der Waals surface area (Å²) in [7, 11) is 0. The number of nitriles is 1. The van der Waals surface area contributed by atoms with E-state index in [0.717, 1.165) is 16.9 Å². The molecule has 136 valence electrons. The summed E-state index contributed by atoms with van der Waals surface area (Å²) < 4.78 is 5.29. The van der Waals surface area contributed by atoms with Crippen molar-refractivity contribution in [2.24, 2.45) is 0 Å². The van der Waals surface area contributed by atoms with Gasteiger partial charge in [0.25, 0.3) is 5.56 Å². The second-order valence-electron chi connectivity index (χ2n) is 6.69. The maximum absolute atomic E-state index is 12.6. The Balaban J connectivity index is 1.92. The molecule has 27 heavy (non-hydrogen) atoms. The smallest absolute Gasteiger partial charge is 0.257 e. The normalized spacial score (nSPS) is 12.5. The number of aliphatic hydroxyl groups is 1. The van der Waals surface area contributed by atoms with Gasteiger partial charge in [0, 0.05) is 18.5 Å². The molecule has 0 aliphatic rings. The Labute approximate surface area is 155 Å². The van der Waals surface area contributed by atoms with Crippen LogP contribution in [0.25, 0.3) is 16.7 Å². The zero-order valence-electron chi connectivity index (χ0n) is 15.1. The van der Waals surface area contributed by atoms with Gasteiger partial charge in [0.2, 0.25) is 0 Å². The molecule has 0 aliphatic carbocycles. The third-order valence-corrected chi connectivity index (χ3v) is 4.90. The largest absolute Gasteiger partial charge is 0.389 e. The standard InChI is InChI=1S/C20H19N5O2/c1-13-9-19(27)25-18-6-4-3-5-17(18)24(20(25)16(13)10-21)12-15(26)11-23-8-7-22-14(23)2/h3-9,15,26H,11-12H2,1-2H3. The quantitative estimate of drug-likeness (QED) is 0.602. The van der Waals surface area contributed by atoms with Crippen molar-refractivity contribution < 1.29 is 5.11 Å². The molecule has 0 bridgehead atoms. The minimum absolute atomic E-state index is 0.184. The number of para-hydroxylation sites is 2. The lowest BCUT2D eigenvalue weighted by Gasteiger charge is -2.15. The van der Waals surface area contributed by atoms with Crippen molar-refractivity contribution in [2.45, 2.75) is 33.0 Å². The first kappa shape index (κ1) is 17.1. The first-order chi connectivity index (χ1) is 13.0. The lowest BCUT2D eigenvalue weighted by molar-refractivity contribution is 0.136. The maximum atomic E-state index is 12.6. The molecule has 0 spiro atoms. The second kappa shape index (κ2) is 6.41. The highest BCUT2D eigenvalue weighted by atomic mass is 16.3. The monoisotopic (exact) mass is 361 g/mol. The lowest BCUT2D eigenvalue weighted by atomic mass is 10.1. The van der Waals surface area contributed by atoms with Gasteiger partial charge >= 0.3 is 0 Å². The number of pyridine rings is 1. The Morgan fingerprint density at radius 1 is 1.22 bits per heavy atom. The van der Waals surface area contributed by atoms with E-state index in [1.54, 1.807) is 17.5 Å². The Hall–Kier alpha value is -3.37. The molecule has 3 aromatic heterocycles. The number of fused-ring (bicyclic) bond motifs is 3. The van der Waals surface area contributed by atoms with Crippen molar-refractivity contribution in [3.63, 3.8) is 0 Å². The average Bonchev–Trinajstić information content (AvgIpc) is 3.18. The summed E-state index contributed by atoms with van der Waals surface area (Å²) in [6.07, 6.45) is 2.80. The number of benzene rings is 1. The number of hydrogen-bond donors (Lipinski definition) is 1. The molecular weight excluding hydrogens is 342 g/mol. The average molecular weight is 361 g/mol. The molecule has 0 saturated carbocycles. The molecule has 1 aromatic carbocycles. The Bertz CT molecular complexity index is 1260. The topological polar surface area (TPSA) is 88.2 Å².